The molecule has 5 heterocycles. The molecule has 9 nitrogen and oxygen atoms in total. The van der Waals surface area contributed by atoms with Gasteiger partial charge in [-0.3, -0.25) is 4.79 Å². The fraction of sp³-hybridized carbons (Fsp3) is 0.571. The zero-order valence-electron chi connectivity index (χ0n) is 22.0. The Balaban J connectivity index is 1.17. The van der Waals surface area contributed by atoms with E-state index in [9.17, 15) is 4.79 Å². The van der Waals surface area contributed by atoms with Crippen LogP contribution in [0.15, 0.2) is 30.6 Å². The highest BCUT2D eigenvalue weighted by molar-refractivity contribution is 5.93. The summed E-state index contributed by atoms with van der Waals surface area (Å²) in [6, 6.07) is 4.51. The third kappa shape index (κ3) is 4.43. The van der Waals surface area contributed by atoms with Crippen molar-refractivity contribution in [2.75, 3.05) is 47.8 Å². The predicted octanol–water partition coefficient (Wildman–Crippen LogP) is 3.57. The van der Waals surface area contributed by atoms with E-state index in [0.29, 0.717) is 18.5 Å². The van der Waals surface area contributed by atoms with Crippen molar-refractivity contribution in [3.63, 3.8) is 0 Å². The Bertz CT molecular complexity index is 1150. The summed E-state index contributed by atoms with van der Waals surface area (Å²) < 4.78 is 0. The van der Waals surface area contributed by atoms with Crippen LogP contribution in [0.4, 0.5) is 23.3 Å². The number of carbonyl (C=O) groups excluding carboxylic acids is 1. The summed E-state index contributed by atoms with van der Waals surface area (Å²) in [5, 5.41) is 6.44. The Morgan fingerprint density at radius 3 is 2.59 bits per heavy atom. The molecule has 0 radical (unpaired) electrons. The molecule has 1 spiro atoms. The molecule has 3 aliphatic heterocycles. The fourth-order valence-electron chi connectivity index (χ4n) is 6.77. The van der Waals surface area contributed by atoms with E-state index in [1.54, 1.807) is 0 Å². The Labute approximate surface area is 219 Å². The fourth-order valence-corrected chi connectivity index (χ4v) is 6.77. The van der Waals surface area contributed by atoms with E-state index in [4.69, 9.17) is 4.98 Å². The van der Waals surface area contributed by atoms with E-state index in [2.05, 4.69) is 55.2 Å². The van der Waals surface area contributed by atoms with Gasteiger partial charge in [0.2, 0.25) is 11.9 Å². The van der Waals surface area contributed by atoms with E-state index in [1.807, 2.05) is 30.6 Å². The van der Waals surface area contributed by atoms with Crippen LogP contribution in [0.25, 0.3) is 6.08 Å². The molecule has 9 heteroatoms. The van der Waals surface area contributed by atoms with Crippen molar-refractivity contribution < 1.29 is 4.79 Å². The third-order valence-corrected chi connectivity index (χ3v) is 8.81. The van der Waals surface area contributed by atoms with Crippen molar-refractivity contribution in [3.05, 3.63) is 36.2 Å². The van der Waals surface area contributed by atoms with Crippen molar-refractivity contribution in [2.45, 2.75) is 70.0 Å². The number of amides is 1. The molecule has 196 valence electrons. The number of fused-ring (bicyclic) bond motifs is 4. The molecular formula is C28H38N8O. The molecule has 1 unspecified atom stereocenters. The van der Waals surface area contributed by atoms with Gasteiger partial charge in [-0.2, -0.15) is 4.98 Å². The maximum Gasteiger partial charge on any atom is 0.246 e. The number of rotatable bonds is 6. The average Bonchev–Trinajstić information content (AvgIpc) is 3.41. The lowest BCUT2D eigenvalue weighted by atomic mass is 9.87. The Morgan fingerprint density at radius 1 is 1.11 bits per heavy atom. The van der Waals surface area contributed by atoms with Crippen LogP contribution in [-0.2, 0) is 4.79 Å². The second-order valence-corrected chi connectivity index (χ2v) is 10.8. The summed E-state index contributed by atoms with van der Waals surface area (Å²) in [5.74, 6) is 2.11. The molecule has 3 fully saturated rings. The first kappa shape index (κ1) is 24.2. The number of hydrogen-bond donors (Lipinski definition) is 2. The molecule has 2 aromatic rings. The van der Waals surface area contributed by atoms with Gasteiger partial charge in [0, 0.05) is 37.4 Å². The summed E-state index contributed by atoms with van der Waals surface area (Å²) in [6.07, 6.45) is 14.6. The molecule has 1 aliphatic carbocycles. The monoisotopic (exact) mass is 502 g/mol. The van der Waals surface area contributed by atoms with Gasteiger partial charge in [-0.25, -0.2) is 9.97 Å². The van der Waals surface area contributed by atoms with Gasteiger partial charge >= 0.3 is 0 Å². The molecule has 1 atom stereocenters. The number of pyridine rings is 1. The Hall–Kier alpha value is -3.20. The van der Waals surface area contributed by atoms with Gasteiger partial charge in [0.15, 0.2) is 0 Å². The number of piperazine rings is 1. The summed E-state index contributed by atoms with van der Waals surface area (Å²) in [5.41, 5.74) is 2.05. The quantitative estimate of drug-likeness (QED) is 0.620. The van der Waals surface area contributed by atoms with Crippen LogP contribution in [-0.4, -0.2) is 76.1 Å². The minimum absolute atomic E-state index is 0.0472. The largest absolute Gasteiger partial charge is 0.370 e. The topological polar surface area (TPSA) is 89.5 Å². The summed E-state index contributed by atoms with van der Waals surface area (Å²) in [7, 11) is 0. The van der Waals surface area contributed by atoms with Crippen molar-refractivity contribution in [1.29, 1.82) is 0 Å². The second-order valence-electron chi connectivity index (χ2n) is 10.8. The van der Waals surface area contributed by atoms with Crippen LogP contribution >= 0.6 is 0 Å². The standard InChI is InChI=1S/C28H38N8O/c1-3-34(4-2)21-11-15-35(16-12-21)22-8-10-24(29-18-22)32-27-30-17-20-7-9-23-26(37)31-19-28(13-5-6-14-28)36(23)25(20)33-27/h7-10,17-18,21,23H,3-6,11-16,19H2,1-2H3,(H,31,37)(H,29,30,32,33). The van der Waals surface area contributed by atoms with Crippen LogP contribution in [0.3, 0.4) is 0 Å². The van der Waals surface area contributed by atoms with E-state index in [-0.39, 0.29) is 17.5 Å². The lowest BCUT2D eigenvalue weighted by Gasteiger charge is -2.50. The molecule has 37 heavy (non-hydrogen) atoms. The highest BCUT2D eigenvalue weighted by Crippen LogP contribution is 2.43. The second kappa shape index (κ2) is 9.93. The Kier molecular flexibility index (Phi) is 6.48. The minimum atomic E-state index is -0.314. The minimum Gasteiger partial charge on any atom is -0.370 e. The molecule has 6 rings (SSSR count). The van der Waals surface area contributed by atoms with Crippen LogP contribution in [0.1, 0.15) is 57.9 Å². The van der Waals surface area contributed by atoms with Crippen molar-refractivity contribution in [3.8, 4) is 0 Å². The lowest BCUT2D eigenvalue weighted by molar-refractivity contribution is -0.123. The highest BCUT2D eigenvalue weighted by Gasteiger charge is 2.50. The number of hydrogen-bond acceptors (Lipinski definition) is 8. The molecule has 1 amide bonds. The molecule has 4 aliphatic rings. The SMILES string of the molecule is CCN(CC)C1CCN(c2ccc(Nc3ncc4c(n3)N3C(C=C4)C(=O)NCC34CCCC4)nc2)CC1. The number of piperidine rings is 1. The van der Waals surface area contributed by atoms with E-state index < -0.39 is 0 Å². The Morgan fingerprint density at radius 2 is 1.89 bits per heavy atom. The van der Waals surface area contributed by atoms with Crippen molar-refractivity contribution in [1.82, 2.24) is 25.2 Å². The number of nitrogens with zero attached hydrogens (tertiary/aromatic N) is 6. The average molecular weight is 503 g/mol. The van der Waals surface area contributed by atoms with Gasteiger partial charge in [-0.05, 0) is 50.9 Å². The van der Waals surface area contributed by atoms with Crippen molar-refractivity contribution >= 4 is 35.3 Å². The van der Waals surface area contributed by atoms with Gasteiger partial charge in [0.05, 0.1) is 17.4 Å². The third-order valence-electron chi connectivity index (χ3n) is 8.81. The van der Waals surface area contributed by atoms with E-state index >= 15 is 0 Å². The molecule has 2 aromatic heterocycles. The van der Waals surface area contributed by atoms with Gasteiger partial charge in [0.1, 0.15) is 17.7 Å². The van der Waals surface area contributed by atoms with Crippen molar-refractivity contribution in [2.24, 2.45) is 0 Å². The van der Waals surface area contributed by atoms with Gasteiger partial charge in [0.25, 0.3) is 0 Å². The first-order chi connectivity index (χ1) is 18.1. The maximum atomic E-state index is 12.7. The summed E-state index contributed by atoms with van der Waals surface area (Å²) in [6.45, 7) is 9.55. The molecule has 2 N–H and O–H groups in total. The molecule has 0 bridgehead atoms. The zero-order valence-corrected chi connectivity index (χ0v) is 22.0. The lowest BCUT2D eigenvalue weighted by Crippen LogP contribution is -2.67. The van der Waals surface area contributed by atoms with Crippen LogP contribution in [0, 0.1) is 0 Å². The zero-order chi connectivity index (χ0) is 25.4. The van der Waals surface area contributed by atoms with Crippen LogP contribution < -0.4 is 20.4 Å². The van der Waals surface area contributed by atoms with Crippen LogP contribution in [0.2, 0.25) is 0 Å². The first-order valence-electron chi connectivity index (χ1n) is 13.9. The number of nitrogens with one attached hydrogen (secondary N) is 2. The molecular weight excluding hydrogens is 464 g/mol. The number of carbonyl (C=O) groups is 1. The molecule has 1 saturated carbocycles. The molecule has 0 aromatic carbocycles. The number of aromatic nitrogens is 3. The normalized spacial score (nSPS) is 22.8. The highest BCUT2D eigenvalue weighted by atomic mass is 16.2. The van der Waals surface area contributed by atoms with Crippen LogP contribution in [0.5, 0.6) is 0 Å². The van der Waals surface area contributed by atoms with E-state index in [1.165, 1.54) is 25.7 Å². The summed E-state index contributed by atoms with van der Waals surface area (Å²) in [4.78, 5) is 34.1. The first-order valence-corrected chi connectivity index (χ1v) is 13.9. The van der Waals surface area contributed by atoms with Gasteiger partial charge in [-0.1, -0.05) is 38.8 Å². The number of anilines is 4. The smallest absolute Gasteiger partial charge is 0.246 e. The van der Waals surface area contributed by atoms with E-state index in [0.717, 1.165) is 61.9 Å². The van der Waals surface area contributed by atoms with Gasteiger partial charge < -0.3 is 25.3 Å². The summed E-state index contributed by atoms with van der Waals surface area (Å²) >= 11 is 0. The predicted molar refractivity (Wildman–Crippen MR) is 147 cm³/mol. The maximum absolute atomic E-state index is 12.7. The molecule has 2 saturated heterocycles. The van der Waals surface area contributed by atoms with Gasteiger partial charge in [-0.15, -0.1) is 0 Å².